The van der Waals surface area contributed by atoms with Gasteiger partial charge in [-0.05, 0) is 42.5 Å². The Balaban J connectivity index is 1.58. The highest BCUT2D eigenvalue weighted by molar-refractivity contribution is 7.99. The molecule has 0 aliphatic heterocycles. The summed E-state index contributed by atoms with van der Waals surface area (Å²) in [5.41, 5.74) is 1.69. The molecule has 0 bridgehead atoms. The third-order valence-corrected chi connectivity index (χ3v) is 5.27. The molecule has 4 aromatic rings. The van der Waals surface area contributed by atoms with Crippen molar-refractivity contribution < 1.29 is 9.18 Å². The maximum atomic E-state index is 13.9. The number of pyridine rings is 1. The van der Waals surface area contributed by atoms with E-state index in [1.54, 1.807) is 12.4 Å². The first-order chi connectivity index (χ1) is 14.6. The molecule has 6 nitrogen and oxygen atoms in total. The number of para-hydroxylation sites is 1. The largest absolute Gasteiger partial charge is 0.323 e. The fourth-order valence-electron chi connectivity index (χ4n) is 2.76. The van der Waals surface area contributed by atoms with Crippen LogP contribution in [0.1, 0.15) is 0 Å². The van der Waals surface area contributed by atoms with Crippen LogP contribution < -0.4 is 5.32 Å². The smallest absolute Gasteiger partial charge is 0.234 e. The Morgan fingerprint density at radius 2 is 1.93 bits per heavy atom. The van der Waals surface area contributed by atoms with Crippen molar-refractivity contribution in [1.82, 2.24) is 19.7 Å². The third-order valence-electron chi connectivity index (χ3n) is 4.10. The standard InChI is InChI=1S/C21H15ClFN5OS/c22-15-8-9-17(23)18(11-15)25-19(29)13-30-21-27-26-20(14-5-4-10-24-12-14)28(21)16-6-2-1-3-7-16/h1-12H,13H2,(H,25,29). The summed E-state index contributed by atoms with van der Waals surface area (Å²) in [5.74, 6) is -0.307. The highest BCUT2D eigenvalue weighted by Gasteiger charge is 2.17. The van der Waals surface area contributed by atoms with E-state index in [0.717, 1.165) is 11.3 Å². The molecule has 0 saturated heterocycles. The van der Waals surface area contributed by atoms with Gasteiger partial charge in [-0.3, -0.25) is 14.3 Å². The lowest BCUT2D eigenvalue weighted by Gasteiger charge is -2.10. The number of carbonyl (C=O) groups excluding carboxylic acids is 1. The van der Waals surface area contributed by atoms with Crippen molar-refractivity contribution in [2.45, 2.75) is 5.16 Å². The van der Waals surface area contributed by atoms with Gasteiger partial charge in [-0.25, -0.2) is 4.39 Å². The molecule has 2 heterocycles. The second-order valence-corrected chi connectivity index (χ2v) is 7.56. The van der Waals surface area contributed by atoms with Gasteiger partial charge in [0.1, 0.15) is 5.82 Å². The second kappa shape index (κ2) is 9.06. The molecule has 9 heteroatoms. The quantitative estimate of drug-likeness (QED) is 0.435. The van der Waals surface area contributed by atoms with Crippen molar-refractivity contribution >= 4 is 35.0 Å². The molecule has 30 heavy (non-hydrogen) atoms. The highest BCUT2D eigenvalue weighted by atomic mass is 35.5. The lowest BCUT2D eigenvalue weighted by Crippen LogP contribution is -2.15. The van der Waals surface area contributed by atoms with Gasteiger partial charge in [-0.1, -0.05) is 41.6 Å². The summed E-state index contributed by atoms with van der Waals surface area (Å²) in [6, 6.07) is 17.3. The Kier molecular flexibility index (Phi) is 6.06. The van der Waals surface area contributed by atoms with Crippen molar-refractivity contribution in [2.24, 2.45) is 0 Å². The van der Waals surface area contributed by atoms with Gasteiger partial charge in [-0.2, -0.15) is 0 Å². The average Bonchev–Trinajstić information content (AvgIpc) is 3.20. The molecule has 150 valence electrons. The SMILES string of the molecule is O=C(CSc1nnc(-c2cccnc2)n1-c1ccccc1)Nc1cc(Cl)ccc1F. The number of thioether (sulfide) groups is 1. The van der Waals surface area contributed by atoms with E-state index in [-0.39, 0.29) is 17.3 Å². The van der Waals surface area contributed by atoms with Crippen molar-refractivity contribution in [3.63, 3.8) is 0 Å². The minimum Gasteiger partial charge on any atom is -0.323 e. The summed E-state index contributed by atoms with van der Waals surface area (Å²) in [7, 11) is 0. The van der Waals surface area contributed by atoms with Gasteiger partial charge in [0.05, 0.1) is 11.4 Å². The fourth-order valence-corrected chi connectivity index (χ4v) is 3.69. The van der Waals surface area contributed by atoms with E-state index in [2.05, 4.69) is 20.5 Å². The molecule has 4 rings (SSSR count). The van der Waals surface area contributed by atoms with Gasteiger partial charge in [-0.15, -0.1) is 10.2 Å². The summed E-state index contributed by atoms with van der Waals surface area (Å²) in [6.07, 6.45) is 3.38. The van der Waals surface area contributed by atoms with Crippen LogP contribution in [0.2, 0.25) is 5.02 Å². The number of halogens is 2. The van der Waals surface area contributed by atoms with Crippen LogP contribution in [0.4, 0.5) is 10.1 Å². The van der Waals surface area contributed by atoms with Gasteiger partial charge in [0, 0.05) is 28.7 Å². The first kappa shape index (κ1) is 20.1. The summed E-state index contributed by atoms with van der Waals surface area (Å²) in [4.78, 5) is 16.5. The number of nitrogens with one attached hydrogen (secondary N) is 1. The van der Waals surface area contributed by atoms with E-state index in [1.807, 2.05) is 47.0 Å². The van der Waals surface area contributed by atoms with Crippen LogP contribution in [-0.4, -0.2) is 31.4 Å². The summed E-state index contributed by atoms with van der Waals surface area (Å²) >= 11 is 7.07. The van der Waals surface area contributed by atoms with E-state index in [9.17, 15) is 9.18 Å². The van der Waals surface area contributed by atoms with Crippen molar-refractivity contribution in [1.29, 1.82) is 0 Å². The molecule has 0 aliphatic rings. The van der Waals surface area contributed by atoms with Gasteiger partial charge in [0.15, 0.2) is 11.0 Å². The van der Waals surface area contributed by atoms with Gasteiger partial charge in [0.2, 0.25) is 5.91 Å². The minimum atomic E-state index is -0.552. The molecule has 2 aromatic heterocycles. The predicted octanol–water partition coefficient (Wildman–Crippen LogP) is 4.85. The molecule has 1 N–H and O–H groups in total. The second-order valence-electron chi connectivity index (χ2n) is 6.18. The van der Waals surface area contributed by atoms with E-state index in [4.69, 9.17) is 11.6 Å². The number of hydrogen-bond donors (Lipinski definition) is 1. The van der Waals surface area contributed by atoms with Crippen molar-refractivity contribution in [3.05, 3.63) is 83.9 Å². The Bertz CT molecular complexity index is 1170. The van der Waals surface area contributed by atoms with Crippen LogP contribution in [0.3, 0.4) is 0 Å². The Morgan fingerprint density at radius 3 is 2.70 bits per heavy atom. The zero-order valence-corrected chi connectivity index (χ0v) is 17.1. The lowest BCUT2D eigenvalue weighted by molar-refractivity contribution is -0.113. The Morgan fingerprint density at radius 1 is 1.10 bits per heavy atom. The van der Waals surface area contributed by atoms with Gasteiger partial charge < -0.3 is 5.32 Å². The average molecular weight is 440 g/mol. The molecule has 0 atom stereocenters. The molecule has 1 amide bonds. The van der Waals surface area contributed by atoms with Crippen molar-refractivity contribution in [2.75, 3.05) is 11.1 Å². The lowest BCUT2D eigenvalue weighted by atomic mass is 10.2. The topological polar surface area (TPSA) is 72.7 Å². The molecule has 0 aliphatic carbocycles. The number of hydrogen-bond acceptors (Lipinski definition) is 5. The number of aromatic nitrogens is 4. The van der Waals surface area contributed by atoms with Crippen LogP contribution in [0.15, 0.2) is 78.2 Å². The van der Waals surface area contributed by atoms with Crippen LogP contribution in [-0.2, 0) is 4.79 Å². The number of anilines is 1. The summed E-state index contributed by atoms with van der Waals surface area (Å²) in [5, 5.41) is 11.9. The predicted molar refractivity (Wildman–Crippen MR) is 115 cm³/mol. The summed E-state index contributed by atoms with van der Waals surface area (Å²) < 4.78 is 15.7. The Hall–Kier alpha value is -3.23. The van der Waals surface area contributed by atoms with E-state index >= 15 is 0 Å². The van der Waals surface area contributed by atoms with Crippen LogP contribution in [0, 0.1) is 5.82 Å². The normalized spacial score (nSPS) is 10.7. The van der Waals surface area contributed by atoms with Gasteiger partial charge in [0.25, 0.3) is 0 Å². The third kappa shape index (κ3) is 4.50. The maximum Gasteiger partial charge on any atom is 0.234 e. The zero-order chi connectivity index (χ0) is 20.9. The molecule has 0 unspecified atom stereocenters. The number of rotatable bonds is 6. The van der Waals surface area contributed by atoms with Crippen LogP contribution >= 0.6 is 23.4 Å². The molecule has 0 spiro atoms. The van der Waals surface area contributed by atoms with Gasteiger partial charge >= 0.3 is 0 Å². The molecule has 2 aromatic carbocycles. The molecule has 0 fully saturated rings. The van der Waals surface area contributed by atoms with Crippen LogP contribution in [0.25, 0.3) is 17.1 Å². The first-order valence-corrected chi connectivity index (χ1v) is 10.3. The van der Waals surface area contributed by atoms with E-state index in [0.29, 0.717) is 16.0 Å². The minimum absolute atomic E-state index is 0.0178. The highest BCUT2D eigenvalue weighted by Crippen LogP contribution is 2.28. The molecular formula is C21H15ClFN5OS. The number of carbonyl (C=O) groups is 1. The van der Waals surface area contributed by atoms with Crippen molar-refractivity contribution in [3.8, 4) is 17.1 Å². The van der Waals surface area contributed by atoms with E-state index < -0.39 is 5.82 Å². The van der Waals surface area contributed by atoms with Crippen LogP contribution in [0.5, 0.6) is 0 Å². The molecule has 0 radical (unpaired) electrons. The monoisotopic (exact) mass is 439 g/mol. The fraction of sp³-hybridized carbons (Fsp3) is 0.0476. The molecular weight excluding hydrogens is 425 g/mol. The number of amides is 1. The zero-order valence-electron chi connectivity index (χ0n) is 15.5. The number of benzene rings is 2. The Labute approximate surface area is 181 Å². The maximum absolute atomic E-state index is 13.9. The summed E-state index contributed by atoms with van der Waals surface area (Å²) in [6.45, 7) is 0. The molecule has 0 saturated carbocycles. The van der Waals surface area contributed by atoms with E-state index in [1.165, 1.54) is 30.0 Å². The first-order valence-electron chi connectivity index (χ1n) is 8.91. The number of nitrogens with zero attached hydrogens (tertiary/aromatic N) is 4.